The molecule has 0 radical (unpaired) electrons. The Morgan fingerprint density at radius 2 is 1.58 bits per heavy atom. The molecule has 3 rings (SSSR count). The molecule has 2 aromatic rings. The molecule has 0 N–H and O–H groups in total. The molecule has 0 bridgehead atoms. The first-order valence-corrected chi connectivity index (χ1v) is 9.43. The first-order chi connectivity index (χ1) is 11.3. The summed E-state index contributed by atoms with van der Waals surface area (Å²) in [5.74, 6) is -0.414. The van der Waals surface area contributed by atoms with Gasteiger partial charge in [-0.05, 0) is 37.5 Å². The molecule has 0 aliphatic carbocycles. The highest BCUT2D eigenvalue weighted by Gasteiger charge is 2.40. The summed E-state index contributed by atoms with van der Waals surface area (Å²) < 4.78 is 27.2. The molecule has 126 valence electrons. The van der Waals surface area contributed by atoms with Crippen LogP contribution in [0.1, 0.15) is 34.6 Å². The van der Waals surface area contributed by atoms with Crippen molar-refractivity contribution in [3.63, 3.8) is 0 Å². The third-order valence-corrected chi connectivity index (χ3v) is 6.60. The lowest BCUT2D eigenvalue weighted by molar-refractivity contribution is -0.123. The van der Waals surface area contributed by atoms with E-state index in [4.69, 9.17) is 0 Å². The van der Waals surface area contributed by atoms with Gasteiger partial charge in [0.15, 0.2) is 0 Å². The Labute approximate surface area is 143 Å². The van der Waals surface area contributed by atoms with Crippen molar-refractivity contribution in [1.82, 2.24) is 4.31 Å². The minimum atomic E-state index is -3.82. The quantitative estimate of drug-likeness (QED) is 0.859. The fourth-order valence-electron chi connectivity index (χ4n) is 3.54. The van der Waals surface area contributed by atoms with Crippen molar-refractivity contribution in [2.24, 2.45) is 0 Å². The van der Waals surface area contributed by atoms with Crippen LogP contribution in [0, 0.1) is 20.8 Å². The predicted octanol–water partition coefficient (Wildman–Crippen LogP) is 3.32. The zero-order valence-electron chi connectivity index (χ0n) is 14.1. The first kappa shape index (κ1) is 16.7. The highest BCUT2D eigenvalue weighted by atomic mass is 32.2. The van der Waals surface area contributed by atoms with Crippen molar-refractivity contribution in [2.45, 2.75) is 38.0 Å². The summed E-state index contributed by atoms with van der Waals surface area (Å²) in [6.07, 6.45) is 0.229. The number of rotatable bonds is 3. The molecule has 1 aliphatic heterocycles. The van der Waals surface area contributed by atoms with Gasteiger partial charge >= 0.3 is 0 Å². The van der Waals surface area contributed by atoms with Gasteiger partial charge in [-0.3, -0.25) is 4.79 Å². The molecule has 1 heterocycles. The Bertz CT molecular complexity index is 865. The number of amides is 1. The maximum Gasteiger partial charge on any atom is 0.267 e. The maximum absolute atomic E-state index is 13.1. The van der Waals surface area contributed by atoms with E-state index >= 15 is 0 Å². The Kier molecular flexibility index (Phi) is 4.22. The third kappa shape index (κ3) is 2.84. The van der Waals surface area contributed by atoms with Crippen LogP contribution in [0.5, 0.6) is 0 Å². The van der Waals surface area contributed by atoms with Crippen LogP contribution in [0.2, 0.25) is 0 Å². The lowest BCUT2D eigenvalue weighted by Gasteiger charge is -2.20. The van der Waals surface area contributed by atoms with Crippen LogP contribution in [-0.4, -0.2) is 25.2 Å². The zero-order valence-corrected chi connectivity index (χ0v) is 14.9. The van der Waals surface area contributed by atoms with Crippen molar-refractivity contribution in [3.8, 4) is 0 Å². The monoisotopic (exact) mass is 343 g/mol. The predicted molar refractivity (Wildman–Crippen MR) is 93.4 cm³/mol. The van der Waals surface area contributed by atoms with Gasteiger partial charge < -0.3 is 0 Å². The minimum Gasteiger partial charge on any atom is -0.274 e. The van der Waals surface area contributed by atoms with Crippen LogP contribution in [0.15, 0.2) is 47.4 Å². The van der Waals surface area contributed by atoms with Gasteiger partial charge in [0.25, 0.3) is 10.0 Å². The second-order valence-electron chi connectivity index (χ2n) is 6.47. The van der Waals surface area contributed by atoms with Crippen LogP contribution in [-0.2, 0) is 14.8 Å². The Morgan fingerprint density at radius 3 is 2.17 bits per heavy atom. The molecular weight excluding hydrogens is 322 g/mol. The van der Waals surface area contributed by atoms with Gasteiger partial charge in [-0.1, -0.05) is 48.0 Å². The standard InChI is InChI=1S/C19H21NO3S/c1-13-9-14(2)19(15(3)10-13)24(22,23)20-12-17(11-18(20)21)16-7-5-4-6-8-16/h4-10,17H,11-12H2,1-3H3/t17-/m0/s1. The topological polar surface area (TPSA) is 54.5 Å². The number of benzene rings is 2. The average Bonchev–Trinajstić information content (AvgIpc) is 2.89. The molecule has 0 aromatic heterocycles. The highest BCUT2D eigenvalue weighted by Crippen LogP contribution is 2.34. The molecule has 4 nitrogen and oxygen atoms in total. The third-order valence-electron chi connectivity index (χ3n) is 4.51. The van der Waals surface area contributed by atoms with Gasteiger partial charge in [-0.2, -0.15) is 0 Å². The normalized spacial score (nSPS) is 18.2. The molecule has 0 spiro atoms. The van der Waals surface area contributed by atoms with Crippen molar-refractivity contribution < 1.29 is 13.2 Å². The summed E-state index contributed by atoms with van der Waals surface area (Å²) >= 11 is 0. The van der Waals surface area contributed by atoms with Gasteiger partial charge in [0, 0.05) is 18.9 Å². The van der Waals surface area contributed by atoms with E-state index < -0.39 is 10.0 Å². The molecular formula is C19H21NO3S. The van der Waals surface area contributed by atoms with Crippen LogP contribution >= 0.6 is 0 Å². The molecule has 2 aromatic carbocycles. The van der Waals surface area contributed by atoms with Gasteiger partial charge in [-0.25, -0.2) is 12.7 Å². The number of hydrogen-bond acceptors (Lipinski definition) is 3. The average molecular weight is 343 g/mol. The summed E-state index contributed by atoms with van der Waals surface area (Å²) in [6, 6.07) is 13.3. The molecule has 1 atom stereocenters. The number of carbonyl (C=O) groups is 1. The van der Waals surface area contributed by atoms with E-state index in [-0.39, 0.29) is 29.7 Å². The van der Waals surface area contributed by atoms with Crippen molar-refractivity contribution in [2.75, 3.05) is 6.54 Å². The van der Waals surface area contributed by atoms with Crippen LogP contribution in [0.3, 0.4) is 0 Å². The van der Waals surface area contributed by atoms with Crippen LogP contribution in [0.25, 0.3) is 0 Å². The number of nitrogens with zero attached hydrogens (tertiary/aromatic N) is 1. The smallest absolute Gasteiger partial charge is 0.267 e. The van der Waals surface area contributed by atoms with E-state index in [2.05, 4.69) is 0 Å². The molecule has 1 amide bonds. The maximum atomic E-state index is 13.1. The molecule has 1 saturated heterocycles. The second kappa shape index (κ2) is 6.06. The largest absolute Gasteiger partial charge is 0.274 e. The number of aryl methyl sites for hydroxylation is 3. The Morgan fingerprint density at radius 1 is 1.00 bits per heavy atom. The van der Waals surface area contributed by atoms with Gasteiger partial charge in [0.1, 0.15) is 0 Å². The summed E-state index contributed by atoms with van der Waals surface area (Å²) in [5.41, 5.74) is 3.38. The summed E-state index contributed by atoms with van der Waals surface area (Å²) in [7, 11) is -3.82. The lowest BCUT2D eigenvalue weighted by Crippen LogP contribution is -2.33. The van der Waals surface area contributed by atoms with E-state index in [0.29, 0.717) is 11.1 Å². The van der Waals surface area contributed by atoms with Crippen LogP contribution < -0.4 is 0 Å². The van der Waals surface area contributed by atoms with E-state index in [1.807, 2.05) is 49.4 Å². The molecule has 1 aliphatic rings. The van der Waals surface area contributed by atoms with Crippen LogP contribution in [0.4, 0.5) is 0 Å². The summed E-state index contributed by atoms with van der Waals surface area (Å²) in [6.45, 7) is 5.70. The SMILES string of the molecule is Cc1cc(C)c(S(=O)(=O)N2C[C@@H](c3ccccc3)CC2=O)c(C)c1. The van der Waals surface area contributed by atoms with Gasteiger partial charge in [-0.15, -0.1) is 0 Å². The van der Waals surface area contributed by atoms with E-state index in [9.17, 15) is 13.2 Å². The number of sulfonamides is 1. The van der Waals surface area contributed by atoms with Crippen molar-refractivity contribution >= 4 is 15.9 Å². The fraction of sp³-hybridized carbons (Fsp3) is 0.316. The van der Waals surface area contributed by atoms with Crippen molar-refractivity contribution in [1.29, 1.82) is 0 Å². The Hall–Kier alpha value is -2.14. The lowest BCUT2D eigenvalue weighted by atomic mass is 9.99. The number of hydrogen-bond donors (Lipinski definition) is 0. The molecule has 5 heteroatoms. The molecule has 1 fully saturated rings. The van der Waals surface area contributed by atoms with E-state index in [1.165, 1.54) is 0 Å². The minimum absolute atomic E-state index is 0.0838. The second-order valence-corrected chi connectivity index (χ2v) is 8.27. The van der Waals surface area contributed by atoms with Crippen molar-refractivity contribution in [3.05, 3.63) is 64.7 Å². The molecule has 0 saturated carbocycles. The zero-order chi connectivity index (χ0) is 17.5. The number of carbonyl (C=O) groups excluding carboxylic acids is 1. The highest BCUT2D eigenvalue weighted by molar-refractivity contribution is 7.89. The first-order valence-electron chi connectivity index (χ1n) is 7.99. The summed E-state index contributed by atoms with van der Waals surface area (Å²) in [5, 5.41) is 0. The molecule has 0 unspecified atom stereocenters. The summed E-state index contributed by atoms with van der Waals surface area (Å²) in [4.78, 5) is 12.7. The van der Waals surface area contributed by atoms with Gasteiger partial charge in [0.05, 0.1) is 4.90 Å². The molecule has 24 heavy (non-hydrogen) atoms. The Balaban J connectivity index is 1.98. The van der Waals surface area contributed by atoms with E-state index in [0.717, 1.165) is 15.4 Å². The fourth-order valence-corrected chi connectivity index (χ4v) is 5.41. The van der Waals surface area contributed by atoms with Gasteiger partial charge in [0.2, 0.25) is 5.91 Å². The van der Waals surface area contributed by atoms with E-state index in [1.54, 1.807) is 13.8 Å².